The Kier molecular flexibility index (Phi) is 74.0. The van der Waals surface area contributed by atoms with Crippen LogP contribution in [0.4, 0.5) is 0 Å². The minimum atomic E-state index is -0.291. The predicted molar refractivity (Wildman–Crippen MR) is 391 cm³/mol. The first-order valence-corrected chi connectivity index (χ1v) is 40.7. The zero-order valence-electron chi connectivity index (χ0n) is 62.8. The fraction of sp³-hybridized carbons (Fsp3) is 0.939. The summed E-state index contributed by atoms with van der Waals surface area (Å²) in [4.78, 5) is 61.7. The number of rotatable bonds is 72. The zero-order valence-corrected chi connectivity index (χ0v) is 62.8. The number of carbonyl (C=O) groups excluding carboxylic acids is 5. The van der Waals surface area contributed by atoms with Crippen LogP contribution in [0.25, 0.3) is 0 Å². The van der Waals surface area contributed by atoms with Crippen molar-refractivity contribution in [3.63, 3.8) is 0 Å². The van der Waals surface area contributed by atoms with Crippen molar-refractivity contribution < 1.29 is 48.0 Å². The van der Waals surface area contributed by atoms with Crippen molar-refractivity contribution in [1.82, 2.24) is 0 Å². The first-order chi connectivity index (χ1) is 44.9. The minimum Gasteiger partial charge on any atom is -0.465 e. The molecule has 0 rings (SSSR count). The van der Waals surface area contributed by atoms with E-state index in [9.17, 15) is 29.1 Å². The lowest BCUT2D eigenvalue weighted by Crippen LogP contribution is -2.15. The monoisotopic (exact) mass is 1300 g/mol. The van der Waals surface area contributed by atoms with Crippen LogP contribution in [-0.4, -0.2) is 67.3 Å². The SMILES string of the molecule is CCCCCCC(CCCCCC)COC(=O)CCCCCC(=O)CCCCCC(=O)OCC(CCCCCC)CCCCCC.CCCCCCC(CCCCCC)COC(=O)CCCCCC(O)CCCCCC(=O)OCC(CCCCCC)CCCCCC. The highest BCUT2D eigenvalue weighted by Gasteiger charge is 2.17. The number of aliphatic hydroxyl groups excluding tert-OH is 1. The van der Waals surface area contributed by atoms with Crippen LogP contribution in [0.15, 0.2) is 0 Å². The second-order valence-electron chi connectivity index (χ2n) is 28.5. The lowest BCUT2D eigenvalue weighted by molar-refractivity contribution is -0.146. The Hall–Kier alpha value is -2.49. The van der Waals surface area contributed by atoms with Crippen LogP contribution in [0.2, 0.25) is 0 Å². The fourth-order valence-electron chi connectivity index (χ4n) is 12.7. The highest BCUT2D eigenvalue weighted by molar-refractivity contribution is 5.78. The van der Waals surface area contributed by atoms with Crippen molar-refractivity contribution in [3.8, 4) is 0 Å². The van der Waals surface area contributed by atoms with Crippen LogP contribution in [-0.2, 0) is 42.9 Å². The molecule has 546 valence electrons. The van der Waals surface area contributed by atoms with Crippen molar-refractivity contribution in [2.75, 3.05) is 26.4 Å². The van der Waals surface area contributed by atoms with Crippen molar-refractivity contribution in [1.29, 1.82) is 0 Å². The molecule has 0 bridgehead atoms. The van der Waals surface area contributed by atoms with Gasteiger partial charge in [-0.1, -0.05) is 299 Å². The number of carbonyl (C=O) groups is 5. The van der Waals surface area contributed by atoms with E-state index in [1.807, 2.05) is 0 Å². The third-order valence-electron chi connectivity index (χ3n) is 19.2. The molecule has 0 aromatic carbocycles. The van der Waals surface area contributed by atoms with E-state index in [0.29, 0.717) is 94.4 Å². The van der Waals surface area contributed by atoms with Gasteiger partial charge in [-0.2, -0.15) is 0 Å². The average Bonchev–Trinajstić information content (AvgIpc) is 3.68. The third-order valence-corrected chi connectivity index (χ3v) is 19.2. The summed E-state index contributed by atoms with van der Waals surface area (Å²) in [6.07, 6.45) is 64.9. The molecule has 1 N–H and O–H groups in total. The first-order valence-electron chi connectivity index (χ1n) is 40.7. The molecular formula is C82H158O10. The Morgan fingerprint density at radius 2 is 0.380 bits per heavy atom. The molecule has 0 unspecified atom stereocenters. The van der Waals surface area contributed by atoms with Gasteiger partial charge in [0.15, 0.2) is 0 Å². The van der Waals surface area contributed by atoms with Crippen LogP contribution in [0.3, 0.4) is 0 Å². The number of esters is 4. The van der Waals surface area contributed by atoms with Crippen molar-refractivity contribution >= 4 is 29.7 Å². The van der Waals surface area contributed by atoms with Gasteiger partial charge in [0.05, 0.1) is 32.5 Å². The minimum absolute atomic E-state index is 0.0549. The number of ketones is 1. The summed E-state index contributed by atoms with van der Waals surface area (Å²) in [5.74, 6) is 2.07. The molecular weight excluding hydrogens is 1140 g/mol. The Morgan fingerprint density at radius 1 is 0.217 bits per heavy atom. The molecule has 0 spiro atoms. The summed E-state index contributed by atoms with van der Waals surface area (Å²) in [6, 6.07) is 0. The van der Waals surface area contributed by atoms with Gasteiger partial charge in [-0.3, -0.25) is 24.0 Å². The predicted octanol–water partition coefficient (Wildman–Crippen LogP) is 25.1. The molecule has 92 heavy (non-hydrogen) atoms. The molecule has 0 fully saturated rings. The molecule has 0 aromatic rings. The average molecular weight is 1300 g/mol. The normalized spacial score (nSPS) is 11.5. The molecule has 10 heteroatoms. The van der Waals surface area contributed by atoms with Gasteiger partial charge in [-0.15, -0.1) is 0 Å². The molecule has 0 radical (unpaired) electrons. The highest BCUT2D eigenvalue weighted by atomic mass is 16.5. The van der Waals surface area contributed by atoms with Gasteiger partial charge in [0.25, 0.3) is 0 Å². The first kappa shape index (κ1) is 91.6. The summed E-state index contributed by atoms with van der Waals surface area (Å²) in [5.41, 5.74) is 0. The van der Waals surface area contributed by atoms with E-state index in [-0.39, 0.29) is 30.0 Å². The maximum Gasteiger partial charge on any atom is 0.305 e. The number of hydrogen-bond donors (Lipinski definition) is 1. The lowest BCUT2D eigenvalue weighted by atomic mass is 9.95. The van der Waals surface area contributed by atoms with E-state index in [2.05, 4.69) is 55.4 Å². The van der Waals surface area contributed by atoms with Crippen molar-refractivity contribution in [3.05, 3.63) is 0 Å². The van der Waals surface area contributed by atoms with Crippen LogP contribution in [0, 0.1) is 23.7 Å². The van der Waals surface area contributed by atoms with Crippen LogP contribution in [0.1, 0.15) is 441 Å². The molecule has 0 aliphatic carbocycles. The maximum absolute atomic E-state index is 12.3. The summed E-state index contributed by atoms with van der Waals surface area (Å²) in [5, 5.41) is 10.4. The second-order valence-corrected chi connectivity index (χ2v) is 28.5. The summed E-state index contributed by atoms with van der Waals surface area (Å²) in [6.45, 7) is 20.3. The summed E-state index contributed by atoms with van der Waals surface area (Å²) in [7, 11) is 0. The molecule has 0 aliphatic rings. The van der Waals surface area contributed by atoms with E-state index in [0.717, 1.165) is 89.9 Å². The van der Waals surface area contributed by atoms with E-state index in [4.69, 9.17) is 18.9 Å². The Labute approximate surface area is 571 Å². The highest BCUT2D eigenvalue weighted by Crippen LogP contribution is 2.25. The zero-order chi connectivity index (χ0) is 67.9. The Morgan fingerprint density at radius 3 is 0.576 bits per heavy atom. The van der Waals surface area contributed by atoms with Gasteiger partial charge in [0.2, 0.25) is 0 Å². The second kappa shape index (κ2) is 74.3. The number of unbranched alkanes of at least 4 members (excludes halogenated alkanes) is 32. The van der Waals surface area contributed by atoms with Crippen LogP contribution < -0.4 is 0 Å². The number of Topliss-reactive ketones (excluding diaryl/α,β-unsaturated/α-hetero) is 1. The maximum atomic E-state index is 12.3. The fourth-order valence-corrected chi connectivity index (χ4v) is 12.7. The van der Waals surface area contributed by atoms with E-state index in [1.165, 1.54) is 257 Å². The van der Waals surface area contributed by atoms with Gasteiger partial charge < -0.3 is 24.1 Å². The van der Waals surface area contributed by atoms with Gasteiger partial charge in [0.1, 0.15) is 5.78 Å². The Bertz CT molecular complexity index is 1410. The molecule has 0 atom stereocenters. The van der Waals surface area contributed by atoms with E-state index >= 15 is 0 Å². The van der Waals surface area contributed by atoms with Crippen molar-refractivity contribution in [2.24, 2.45) is 23.7 Å². The summed E-state index contributed by atoms with van der Waals surface area (Å²) >= 11 is 0. The molecule has 0 heterocycles. The third kappa shape index (κ3) is 68.9. The van der Waals surface area contributed by atoms with E-state index < -0.39 is 0 Å². The number of ether oxygens (including phenoxy) is 4. The van der Waals surface area contributed by atoms with Gasteiger partial charge in [-0.25, -0.2) is 0 Å². The van der Waals surface area contributed by atoms with Crippen LogP contribution >= 0.6 is 0 Å². The molecule has 0 saturated carbocycles. The van der Waals surface area contributed by atoms with Crippen LogP contribution in [0.5, 0.6) is 0 Å². The molecule has 0 saturated heterocycles. The standard InChI is InChI=1S/C41H80O5.C41H78O5/c2*1-5-9-13-19-27-37(28-20-14-10-6-2)35-45-40(43)33-25-17-23-31-39(42)32-24-18-26-34-41(44)46-36-38(29-21-15-11-7-3)30-22-16-12-8-4/h37-39,42H,5-36H2,1-4H3;37-38H,5-36H2,1-4H3. The smallest absolute Gasteiger partial charge is 0.305 e. The van der Waals surface area contributed by atoms with Crippen molar-refractivity contribution in [2.45, 2.75) is 447 Å². The van der Waals surface area contributed by atoms with Gasteiger partial charge in [0, 0.05) is 38.5 Å². The van der Waals surface area contributed by atoms with E-state index in [1.54, 1.807) is 0 Å². The largest absolute Gasteiger partial charge is 0.465 e. The molecule has 0 aliphatic heterocycles. The molecule has 0 amide bonds. The molecule has 10 nitrogen and oxygen atoms in total. The van der Waals surface area contributed by atoms with Gasteiger partial charge in [-0.05, 0) is 126 Å². The lowest BCUT2D eigenvalue weighted by Gasteiger charge is -2.17. The number of aliphatic hydroxyl groups is 1. The summed E-state index contributed by atoms with van der Waals surface area (Å²) < 4.78 is 22.7. The molecule has 0 aromatic heterocycles. The van der Waals surface area contributed by atoms with Gasteiger partial charge >= 0.3 is 23.9 Å². The quantitative estimate of drug-likeness (QED) is 0.0355. The topological polar surface area (TPSA) is 142 Å². The Balaban J connectivity index is 0. The number of hydrogen-bond acceptors (Lipinski definition) is 10.